The zero-order valence-electron chi connectivity index (χ0n) is 15.6. The van der Waals surface area contributed by atoms with E-state index < -0.39 is 9.84 Å². The summed E-state index contributed by atoms with van der Waals surface area (Å²) in [5.74, 6) is 0.323. The van der Waals surface area contributed by atoms with Crippen LogP contribution in [0.3, 0.4) is 0 Å². The molecule has 0 spiro atoms. The highest BCUT2D eigenvalue weighted by Gasteiger charge is 2.24. The maximum absolute atomic E-state index is 12.9. The molecule has 0 N–H and O–H groups in total. The Hall–Kier alpha value is -1.66. The van der Waals surface area contributed by atoms with Gasteiger partial charge in [-0.1, -0.05) is 58.0 Å². The normalized spacial score (nSPS) is 12.2. The van der Waals surface area contributed by atoms with Gasteiger partial charge in [-0.05, 0) is 24.6 Å². The fourth-order valence-corrected chi connectivity index (χ4v) is 4.36. The second-order valence-corrected chi connectivity index (χ2v) is 8.63. The molecule has 1 heterocycles. The molecule has 0 atom stereocenters. The number of imidazole rings is 1. The predicted octanol–water partition coefficient (Wildman–Crippen LogP) is 3.35. The number of hydrogen-bond acceptors (Lipinski definition) is 4. The molecule has 138 valence electrons. The van der Waals surface area contributed by atoms with Crippen molar-refractivity contribution in [2.45, 2.75) is 51.7 Å². The van der Waals surface area contributed by atoms with Crippen molar-refractivity contribution in [3.8, 4) is 0 Å². The van der Waals surface area contributed by atoms with Crippen molar-refractivity contribution in [3.05, 3.63) is 47.8 Å². The van der Waals surface area contributed by atoms with Gasteiger partial charge < -0.3 is 4.57 Å². The molecule has 5 nitrogen and oxygen atoms in total. The Morgan fingerprint density at radius 1 is 1.12 bits per heavy atom. The van der Waals surface area contributed by atoms with Gasteiger partial charge in [-0.2, -0.15) is 0 Å². The molecule has 0 bridgehead atoms. The molecule has 0 unspecified atom stereocenters. The van der Waals surface area contributed by atoms with Crippen LogP contribution in [0.2, 0.25) is 0 Å². The zero-order chi connectivity index (χ0) is 18.4. The minimum absolute atomic E-state index is 0.0202. The summed E-state index contributed by atoms with van der Waals surface area (Å²) in [6.07, 6.45) is 1.72. The molecule has 1 aromatic carbocycles. The van der Waals surface area contributed by atoms with Crippen molar-refractivity contribution in [2.75, 3.05) is 13.1 Å². The second kappa shape index (κ2) is 8.63. The van der Waals surface area contributed by atoms with Crippen LogP contribution in [-0.2, 0) is 28.7 Å². The van der Waals surface area contributed by atoms with Gasteiger partial charge in [-0.3, -0.25) is 4.90 Å². The van der Waals surface area contributed by atoms with Crippen LogP contribution < -0.4 is 0 Å². The Bertz CT molecular complexity index is 763. The van der Waals surface area contributed by atoms with Crippen LogP contribution >= 0.6 is 0 Å². The molecule has 6 heteroatoms. The van der Waals surface area contributed by atoms with E-state index in [0.717, 1.165) is 24.3 Å². The molecule has 25 heavy (non-hydrogen) atoms. The summed E-state index contributed by atoms with van der Waals surface area (Å²) in [7, 11) is -3.48. The Kier molecular flexibility index (Phi) is 6.79. The summed E-state index contributed by atoms with van der Waals surface area (Å²) in [5.41, 5.74) is 1.75. The third kappa shape index (κ3) is 5.16. The lowest BCUT2D eigenvalue weighted by molar-refractivity contribution is 0.283. The van der Waals surface area contributed by atoms with Gasteiger partial charge in [0.05, 0.1) is 17.6 Å². The third-order valence-corrected chi connectivity index (χ3v) is 5.80. The molecule has 0 saturated carbocycles. The number of hydrogen-bond donors (Lipinski definition) is 0. The summed E-state index contributed by atoms with van der Waals surface area (Å²) < 4.78 is 27.8. The number of sulfone groups is 1. The molecule has 0 amide bonds. The maximum Gasteiger partial charge on any atom is 0.228 e. The fourth-order valence-electron chi connectivity index (χ4n) is 2.86. The van der Waals surface area contributed by atoms with E-state index in [1.807, 2.05) is 34.9 Å². The van der Waals surface area contributed by atoms with Gasteiger partial charge in [0, 0.05) is 13.1 Å². The average molecular weight is 364 g/mol. The van der Waals surface area contributed by atoms with E-state index in [0.29, 0.717) is 19.0 Å². The van der Waals surface area contributed by atoms with Gasteiger partial charge in [-0.25, -0.2) is 13.4 Å². The molecule has 0 aliphatic carbocycles. The Morgan fingerprint density at radius 3 is 2.32 bits per heavy atom. The van der Waals surface area contributed by atoms with Crippen LogP contribution in [0.5, 0.6) is 0 Å². The highest BCUT2D eigenvalue weighted by Crippen LogP contribution is 2.20. The van der Waals surface area contributed by atoms with Gasteiger partial charge in [-0.15, -0.1) is 0 Å². The minimum atomic E-state index is -3.48. The van der Waals surface area contributed by atoms with Crippen molar-refractivity contribution in [1.82, 2.24) is 14.5 Å². The molecule has 0 fully saturated rings. The third-order valence-electron chi connectivity index (χ3n) is 4.21. The highest BCUT2D eigenvalue weighted by atomic mass is 32.2. The van der Waals surface area contributed by atoms with Crippen LogP contribution in [0.4, 0.5) is 0 Å². The van der Waals surface area contributed by atoms with Gasteiger partial charge in [0.1, 0.15) is 0 Å². The smallest absolute Gasteiger partial charge is 0.228 e. The highest BCUT2D eigenvalue weighted by molar-refractivity contribution is 7.90. The van der Waals surface area contributed by atoms with Crippen LogP contribution in [-0.4, -0.2) is 36.0 Å². The monoisotopic (exact) mass is 363 g/mol. The minimum Gasteiger partial charge on any atom is -0.317 e. The van der Waals surface area contributed by atoms with E-state index in [1.165, 1.54) is 0 Å². The van der Waals surface area contributed by atoms with E-state index in [9.17, 15) is 8.42 Å². The first-order valence-corrected chi connectivity index (χ1v) is 10.6. The van der Waals surface area contributed by atoms with Crippen molar-refractivity contribution >= 4 is 9.84 Å². The maximum atomic E-state index is 12.9. The average Bonchev–Trinajstić information content (AvgIpc) is 2.95. The summed E-state index contributed by atoms with van der Waals surface area (Å²) in [5, 5.41) is 0.187. The van der Waals surface area contributed by atoms with E-state index >= 15 is 0 Å². The van der Waals surface area contributed by atoms with E-state index in [-0.39, 0.29) is 10.9 Å². The number of aromatic nitrogens is 2. The van der Waals surface area contributed by atoms with E-state index in [1.54, 1.807) is 6.20 Å². The van der Waals surface area contributed by atoms with Crippen molar-refractivity contribution in [2.24, 2.45) is 5.92 Å². The van der Waals surface area contributed by atoms with Gasteiger partial charge in [0.2, 0.25) is 15.0 Å². The van der Waals surface area contributed by atoms with Crippen molar-refractivity contribution in [1.29, 1.82) is 0 Å². The Balaban J connectivity index is 2.37. The Labute approximate surface area is 151 Å². The van der Waals surface area contributed by atoms with Crippen molar-refractivity contribution < 1.29 is 8.42 Å². The molecular weight excluding hydrogens is 334 g/mol. The molecule has 2 aromatic rings. The molecule has 0 aliphatic rings. The summed E-state index contributed by atoms with van der Waals surface area (Å²) in [6, 6.07) is 9.28. The lowest BCUT2D eigenvalue weighted by atomic mass is 10.2. The van der Waals surface area contributed by atoms with Gasteiger partial charge >= 0.3 is 0 Å². The lowest BCUT2D eigenvalue weighted by Gasteiger charge is -2.20. The standard InChI is InChI=1S/C19H29N3O2S/c1-5-21(6-2)14-18-12-20-19(22(18)13-16(3)4)25(23,24)15-17-10-8-7-9-11-17/h7-12,16H,5-6,13-15H2,1-4H3. The van der Waals surface area contributed by atoms with Crippen LogP contribution in [0.1, 0.15) is 39.0 Å². The molecule has 0 aliphatic heterocycles. The first-order chi connectivity index (χ1) is 11.9. The molecule has 0 saturated heterocycles. The van der Waals surface area contributed by atoms with E-state index in [4.69, 9.17) is 0 Å². The molecular formula is C19H29N3O2S. The summed E-state index contributed by atoms with van der Waals surface area (Å²) in [6.45, 7) is 11.6. The first kappa shape index (κ1) is 19.7. The predicted molar refractivity (Wildman–Crippen MR) is 101 cm³/mol. The molecule has 1 aromatic heterocycles. The summed E-state index contributed by atoms with van der Waals surface area (Å²) >= 11 is 0. The van der Waals surface area contributed by atoms with Crippen LogP contribution in [0.15, 0.2) is 41.7 Å². The lowest BCUT2D eigenvalue weighted by Crippen LogP contribution is -2.25. The largest absolute Gasteiger partial charge is 0.317 e. The molecule has 2 rings (SSSR count). The topological polar surface area (TPSA) is 55.2 Å². The number of benzene rings is 1. The quantitative estimate of drug-likeness (QED) is 0.685. The van der Waals surface area contributed by atoms with E-state index in [2.05, 4.69) is 37.6 Å². The van der Waals surface area contributed by atoms with Crippen LogP contribution in [0.25, 0.3) is 0 Å². The number of rotatable bonds is 9. The number of nitrogens with zero attached hydrogens (tertiary/aromatic N) is 3. The molecule has 0 radical (unpaired) electrons. The SMILES string of the molecule is CCN(CC)Cc1cnc(S(=O)(=O)Cc2ccccc2)n1CC(C)C. The fraction of sp³-hybridized carbons (Fsp3) is 0.526. The Morgan fingerprint density at radius 2 is 1.76 bits per heavy atom. The zero-order valence-corrected chi connectivity index (χ0v) is 16.5. The first-order valence-electron chi connectivity index (χ1n) is 8.90. The van der Waals surface area contributed by atoms with Crippen LogP contribution in [0, 0.1) is 5.92 Å². The van der Waals surface area contributed by atoms with Gasteiger partial charge in [0.15, 0.2) is 0 Å². The van der Waals surface area contributed by atoms with Gasteiger partial charge in [0.25, 0.3) is 0 Å². The second-order valence-electron chi connectivity index (χ2n) is 6.74. The summed E-state index contributed by atoms with van der Waals surface area (Å²) in [4.78, 5) is 6.57. The van der Waals surface area contributed by atoms with Crippen molar-refractivity contribution in [3.63, 3.8) is 0 Å².